The summed E-state index contributed by atoms with van der Waals surface area (Å²) in [6, 6.07) is 1.68. The molecular weight excluding hydrogens is 264 g/mol. The molecule has 0 bridgehead atoms. The molecule has 102 valence electrons. The van der Waals surface area contributed by atoms with Crippen molar-refractivity contribution in [2.75, 3.05) is 0 Å². The van der Waals surface area contributed by atoms with Gasteiger partial charge in [-0.15, -0.1) is 5.10 Å². The molecular formula is C11H10N6O3. The van der Waals surface area contributed by atoms with Crippen molar-refractivity contribution >= 4 is 5.97 Å². The summed E-state index contributed by atoms with van der Waals surface area (Å²) in [4.78, 5) is 11.2. The van der Waals surface area contributed by atoms with Gasteiger partial charge in [-0.1, -0.05) is 10.4 Å². The van der Waals surface area contributed by atoms with E-state index in [1.807, 2.05) is 0 Å². The molecule has 9 nitrogen and oxygen atoms in total. The second-order valence-electron chi connectivity index (χ2n) is 4.13. The molecule has 0 amide bonds. The van der Waals surface area contributed by atoms with Crippen LogP contribution in [-0.2, 0) is 13.6 Å². The summed E-state index contributed by atoms with van der Waals surface area (Å²) in [5, 5.41) is 24.4. The third kappa shape index (κ3) is 2.05. The van der Waals surface area contributed by atoms with Crippen molar-refractivity contribution in [2.45, 2.75) is 6.54 Å². The Kier molecular flexibility index (Phi) is 2.78. The number of aromatic carboxylic acids is 1. The Balaban J connectivity index is 2.08. The van der Waals surface area contributed by atoms with Crippen molar-refractivity contribution < 1.29 is 14.4 Å². The Morgan fingerprint density at radius 1 is 1.50 bits per heavy atom. The van der Waals surface area contributed by atoms with Gasteiger partial charge in [0.2, 0.25) is 0 Å². The topological polar surface area (TPSA) is 112 Å². The first kappa shape index (κ1) is 12.1. The highest BCUT2D eigenvalue weighted by Gasteiger charge is 2.22. The van der Waals surface area contributed by atoms with Crippen LogP contribution in [0.25, 0.3) is 11.3 Å². The number of nitrogens with zero attached hydrogens (tertiary/aromatic N) is 6. The van der Waals surface area contributed by atoms with E-state index in [9.17, 15) is 9.90 Å². The van der Waals surface area contributed by atoms with E-state index < -0.39 is 5.97 Å². The van der Waals surface area contributed by atoms with Gasteiger partial charge in [0.25, 0.3) is 0 Å². The highest BCUT2D eigenvalue weighted by Crippen LogP contribution is 2.22. The van der Waals surface area contributed by atoms with Gasteiger partial charge >= 0.3 is 5.97 Å². The summed E-state index contributed by atoms with van der Waals surface area (Å²) >= 11 is 0. The van der Waals surface area contributed by atoms with Crippen LogP contribution in [0.2, 0.25) is 0 Å². The van der Waals surface area contributed by atoms with Crippen molar-refractivity contribution in [2.24, 2.45) is 7.05 Å². The van der Waals surface area contributed by atoms with E-state index in [2.05, 4.69) is 20.6 Å². The van der Waals surface area contributed by atoms with E-state index in [1.54, 1.807) is 30.2 Å². The minimum Gasteiger partial charge on any atom is -0.476 e. The maximum atomic E-state index is 11.2. The summed E-state index contributed by atoms with van der Waals surface area (Å²) in [6.07, 6.45) is 4.76. The van der Waals surface area contributed by atoms with Gasteiger partial charge in [0.05, 0.1) is 12.4 Å². The summed E-state index contributed by atoms with van der Waals surface area (Å²) in [6.45, 7) is 0.241. The number of aryl methyl sites for hydroxylation is 1. The molecule has 3 aromatic rings. The second-order valence-corrected chi connectivity index (χ2v) is 4.13. The van der Waals surface area contributed by atoms with Crippen molar-refractivity contribution in [3.05, 3.63) is 36.1 Å². The van der Waals surface area contributed by atoms with Crippen LogP contribution in [0.4, 0.5) is 0 Å². The molecule has 9 heteroatoms. The fraction of sp³-hybridized carbons (Fsp3) is 0.182. The fourth-order valence-electron chi connectivity index (χ4n) is 1.87. The van der Waals surface area contributed by atoms with Crippen molar-refractivity contribution in [3.63, 3.8) is 0 Å². The molecule has 0 saturated heterocycles. The predicted molar refractivity (Wildman–Crippen MR) is 64.8 cm³/mol. The lowest BCUT2D eigenvalue weighted by Crippen LogP contribution is -2.05. The Hall–Kier alpha value is -2.97. The molecule has 0 unspecified atom stereocenters. The van der Waals surface area contributed by atoms with Crippen LogP contribution in [0.1, 0.15) is 16.2 Å². The zero-order chi connectivity index (χ0) is 14.1. The lowest BCUT2D eigenvalue weighted by molar-refractivity contribution is 0.0691. The van der Waals surface area contributed by atoms with Crippen LogP contribution in [0.5, 0.6) is 0 Å². The maximum Gasteiger partial charge on any atom is 0.358 e. The van der Waals surface area contributed by atoms with Crippen LogP contribution in [0.15, 0.2) is 29.2 Å². The molecule has 0 aliphatic heterocycles. The van der Waals surface area contributed by atoms with E-state index in [4.69, 9.17) is 4.52 Å². The predicted octanol–water partition coefficient (Wildman–Crippen LogP) is 0.413. The van der Waals surface area contributed by atoms with Gasteiger partial charge in [0, 0.05) is 24.9 Å². The zero-order valence-corrected chi connectivity index (χ0v) is 10.5. The van der Waals surface area contributed by atoms with Gasteiger partial charge < -0.3 is 9.63 Å². The lowest BCUT2D eigenvalue weighted by Gasteiger charge is -2.02. The molecule has 0 fully saturated rings. The van der Waals surface area contributed by atoms with E-state index in [-0.39, 0.29) is 12.2 Å². The number of carbonyl (C=O) groups is 1. The first-order valence-electron chi connectivity index (χ1n) is 5.70. The molecule has 0 aliphatic rings. The van der Waals surface area contributed by atoms with E-state index in [1.165, 1.54) is 10.9 Å². The van der Waals surface area contributed by atoms with Crippen LogP contribution in [-0.4, -0.2) is 41.0 Å². The van der Waals surface area contributed by atoms with Crippen molar-refractivity contribution in [1.82, 2.24) is 29.9 Å². The molecule has 0 atom stereocenters. The monoisotopic (exact) mass is 274 g/mol. The van der Waals surface area contributed by atoms with Gasteiger partial charge in [-0.2, -0.15) is 5.10 Å². The molecule has 0 aliphatic carbocycles. The summed E-state index contributed by atoms with van der Waals surface area (Å²) in [5.74, 6) is -0.593. The highest BCUT2D eigenvalue weighted by atomic mass is 16.5. The van der Waals surface area contributed by atoms with E-state index >= 15 is 0 Å². The molecule has 0 aromatic carbocycles. The molecule has 0 radical (unpaired) electrons. The van der Waals surface area contributed by atoms with Gasteiger partial charge in [0.1, 0.15) is 12.2 Å². The van der Waals surface area contributed by atoms with E-state index in [0.29, 0.717) is 17.0 Å². The SMILES string of the molecule is Cn1cc(-c2c(C(=O)O)nnn2Cc2ccno2)cn1. The minimum atomic E-state index is -1.15. The Labute approximate surface area is 112 Å². The largest absolute Gasteiger partial charge is 0.476 e. The number of aromatic nitrogens is 6. The molecule has 3 heterocycles. The quantitative estimate of drug-likeness (QED) is 0.733. The number of carboxylic acid groups (broad SMARTS) is 1. The van der Waals surface area contributed by atoms with Crippen LogP contribution < -0.4 is 0 Å². The Morgan fingerprint density at radius 3 is 2.95 bits per heavy atom. The molecule has 1 N–H and O–H groups in total. The molecule has 3 rings (SSSR count). The number of rotatable bonds is 4. The molecule has 20 heavy (non-hydrogen) atoms. The van der Waals surface area contributed by atoms with Crippen LogP contribution in [0.3, 0.4) is 0 Å². The molecule has 0 spiro atoms. The smallest absolute Gasteiger partial charge is 0.358 e. The third-order valence-electron chi connectivity index (χ3n) is 2.71. The van der Waals surface area contributed by atoms with Gasteiger partial charge in [0.15, 0.2) is 11.5 Å². The highest BCUT2D eigenvalue weighted by molar-refractivity contribution is 5.92. The maximum absolute atomic E-state index is 11.2. The third-order valence-corrected chi connectivity index (χ3v) is 2.71. The normalized spacial score (nSPS) is 10.8. The molecule has 0 saturated carbocycles. The second kappa shape index (κ2) is 4.61. The summed E-state index contributed by atoms with van der Waals surface area (Å²) < 4.78 is 8.02. The lowest BCUT2D eigenvalue weighted by atomic mass is 10.2. The standard InChI is InChI=1S/C11H10N6O3/c1-16-5-7(4-12-16)10-9(11(18)19)14-15-17(10)6-8-2-3-13-20-8/h2-5H,6H2,1H3,(H,18,19). The van der Waals surface area contributed by atoms with Crippen molar-refractivity contribution in [3.8, 4) is 11.3 Å². The summed E-state index contributed by atoms with van der Waals surface area (Å²) in [7, 11) is 1.74. The first-order chi connectivity index (χ1) is 9.65. The van der Waals surface area contributed by atoms with Crippen molar-refractivity contribution in [1.29, 1.82) is 0 Å². The average molecular weight is 274 g/mol. The zero-order valence-electron chi connectivity index (χ0n) is 10.5. The van der Waals surface area contributed by atoms with Gasteiger partial charge in [-0.3, -0.25) is 4.68 Å². The Morgan fingerprint density at radius 2 is 2.35 bits per heavy atom. The summed E-state index contributed by atoms with van der Waals surface area (Å²) in [5.41, 5.74) is 0.869. The van der Waals surface area contributed by atoms with E-state index in [0.717, 1.165) is 0 Å². The number of hydrogen-bond acceptors (Lipinski definition) is 6. The average Bonchev–Trinajstić information content (AvgIpc) is 3.09. The van der Waals surface area contributed by atoms with Crippen LogP contribution >= 0.6 is 0 Å². The fourth-order valence-corrected chi connectivity index (χ4v) is 1.87. The number of carboxylic acids is 1. The minimum absolute atomic E-state index is 0.127. The van der Waals surface area contributed by atoms with Gasteiger partial charge in [-0.25, -0.2) is 9.48 Å². The molecule has 3 aromatic heterocycles. The number of hydrogen-bond donors (Lipinski definition) is 1. The van der Waals surface area contributed by atoms with Crippen LogP contribution in [0, 0.1) is 0 Å². The Bertz CT molecular complexity index is 742. The first-order valence-corrected chi connectivity index (χ1v) is 5.70. The van der Waals surface area contributed by atoms with Gasteiger partial charge in [-0.05, 0) is 0 Å².